The van der Waals surface area contributed by atoms with Gasteiger partial charge < -0.3 is 10.5 Å². The second kappa shape index (κ2) is 6.92. The van der Waals surface area contributed by atoms with Crippen LogP contribution in [0.15, 0.2) is 24.3 Å². The van der Waals surface area contributed by atoms with Crippen LogP contribution in [-0.2, 0) is 12.8 Å². The predicted molar refractivity (Wildman–Crippen MR) is 95.8 cm³/mol. The smallest absolute Gasteiger partial charge is 0.142 e. The van der Waals surface area contributed by atoms with E-state index in [2.05, 4.69) is 24.9 Å². The zero-order valence-corrected chi connectivity index (χ0v) is 14.3. The Morgan fingerprint density at radius 3 is 2.58 bits per heavy atom. The quantitative estimate of drug-likeness (QED) is 0.919. The lowest BCUT2D eigenvalue weighted by molar-refractivity contribution is 0.271. The van der Waals surface area contributed by atoms with E-state index in [1.807, 2.05) is 24.3 Å². The van der Waals surface area contributed by atoms with Crippen LogP contribution in [0.1, 0.15) is 43.5 Å². The molecule has 2 N–H and O–H groups in total. The van der Waals surface area contributed by atoms with Gasteiger partial charge in [-0.15, -0.1) is 0 Å². The summed E-state index contributed by atoms with van der Waals surface area (Å²) in [7, 11) is 0. The summed E-state index contributed by atoms with van der Waals surface area (Å²) in [5, 5.41) is 9.57. The standard InChI is InChI=1S/C20H23N3O/c1-13(2)12-24-15-9-7-14(8-10-15)19-16-5-3-4-6-18(16)23-20(22)17(19)11-21/h7-10,13H,3-6,12H2,1-2H3,(H2,22,23). The third kappa shape index (κ3) is 3.21. The van der Waals surface area contributed by atoms with Crippen molar-refractivity contribution in [1.29, 1.82) is 5.26 Å². The number of nitrogens with two attached hydrogens (primary N) is 1. The Labute approximate surface area is 143 Å². The molecule has 0 amide bonds. The van der Waals surface area contributed by atoms with Crippen molar-refractivity contribution in [2.45, 2.75) is 39.5 Å². The van der Waals surface area contributed by atoms with Gasteiger partial charge in [-0.2, -0.15) is 5.26 Å². The number of pyridine rings is 1. The number of nitrogens with zero attached hydrogens (tertiary/aromatic N) is 2. The first-order chi connectivity index (χ1) is 11.6. The van der Waals surface area contributed by atoms with Crippen molar-refractivity contribution in [3.8, 4) is 22.9 Å². The van der Waals surface area contributed by atoms with E-state index in [4.69, 9.17) is 10.5 Å². The molecule has 1 aromatic carbocycles. The molecule has 1 heterocycles. The SMILES string of the molecule is CC(C)COc1ccc(-c2c(C#N)c(N)nc3c2CCCC3)cc1. The number of hydrogen-bond acceptors (Lipinski definition) is 4. The van der Waals surface area contributed by atoms with Crippen molar-refractivity contribution in [3.63, 3.8) is 0 Å². The maximum Gasteiger partial charge on any atom is 0.142 e. The molecule has 0 spiro atoms. The van der Waals surface area contributed by atoms with Gasteiger partial charge in [-0.25, -0.2) is 4.98 Å². The minimum atomic E-state index is 0.341. The molecule has 3 rings (SSSR count). The Kier molecular flexibility index (Phi) is 4.71. The molecule has 1 aromatic heterocycles. The number of nitriles is 1. The first-order valence-electron chi connectivity index (χ1n) is 8.54. The molecule has 4 nitrogen and oxygen atoms in total. The minimum absolute atomic E-state index is 0.341. The van der Waals surface area contributed by atoms with E-state index >= 15 is 0 Å². The molecule has 0 atom stereocenters. The highest BCUT2D eigenvalue weighted by Gasteiger charge is 2.21. The fourth-order valence-corrected chi connectivity index (χ4v) is 3.17. The zero-order valence-electron chi connectivity index (χ0n) is 14.3. The fraction of sp³-hybridized carbons (Fsp3) is 0.400. The average Bonchev–Trinajstić information content (AvgIpc) is 2.59. The number of rotatable bonds is 4. The summed E-state index contributed by atoms with van der Waals surface area (Å²) in [6.07, 6.45) is 4.16. The largest absolute Gasteiger partial charge is 0.493 e. The topological polar surface area (TPSA) is 71.9 Å². The van der Waals surface area contributed by atoms with Gasteiger partial charge in [0.2, 0.25) is 0 Å². The third-order valence-corrected chi connectivity index (χ3v) is 4.34. The summed E-state index contributed by atoms with van der Waals surface area (Å²) >= 11 is 0. The molecule has 2 aromatic rings. The summed E-state index contributed by atoms with van der Waals surface area (Å²) in [5.41, 5.74) is 10.7. The lowest BCUT2D eigenvalue weighted by Gasteiger charge is -2.21. The molecule has 0 aliphatic heterocycles. The predicted octanol–water partition coefficient (Wildman–Crippen LogP) is 4.12. The highest BCUT2D eigenvalue weighted by Crippen LogP contribution is 2.36. The van der Waals surface area contributed by atoms with Gasteiger partial charge in [-0.1, -0.05) is 26.0 Å². The number of hydrogen-bond donors (Lipinski definition) is 1. The number of aromatic nitrogens is 1. The van der Waals surface area contributed by atoms with Crippen LogP contribution in [0.25, 0.3) is 11.1 Å². The molecule has 0 unspecified atom stereocenters. The van der Waals surface area contributed by atoms with Crippen LogP contribution in [0, 0.1) is 17.2 Å². The second-order valence-corrected chi connectivity index (χ2v) is 6.72. The summed E-state index contributed by atoms with van der Waals surface area (Å²) < 4.78 is 5.75. The van der Waals surface area contributed by atoms with Crippen LogP contribution in [0.4, 0.5) is 5.82 Å². The fourth-order valence-electron chi connectivity index (χ4n) is 3.17. The normalized spacial score (nSPS) is 13.4. The van der Waals surface area contributed by atoms with E-state index < -0.39 is 0 Å². The number of fused-ring (bicyclic) bond motifs is 1. The maximum absolute atomic E-state index is 9.57. The molecular formula is C20H23N3O. The molecule has 124 valence electrons. The van der Waals surface area contributed by atoms with Crippen LogP contribution in [-0.4, -0.2) is 11.6 Å². The summed E-state index contributed by atoms with van der Waals surface area (Å²) in [6, 6.07) is 10.2. The van der Waals surface area contributed by atoms with Crippen LogP contribution in [0.2, 0.25) is 0 Å². The van der Waals surface area contributed by atoms with Crippen LogP contribution < -0.4 is 10.5 Å². The van der Waals surface area contributed by atoms with Gasteiger partial charge in [0.05, 0.1) is 6.61 Å². The van der Waals surface area contributed by atoms with Crippen LogP contribution >= 0.6 is 0 Å². The van der Waals surface area contributed by atoms with Crippen molar-refractivity contribution < 1.29 is 4.74 Å². The third-order valence-electron chi connectivity index (χ3n) is 4.34. The molecule has 0 fully saturated rings. The molecule has 0 saturated carbocycles. The van der Waals surface area contributed by atoms with E-state index in [0.29, 0.717) is 23.9 Å². The molecule has 0 bridgehead atoms. The number of aryl methyl sites for hydroxylation is 1. The van der Waals surface area contributed by atoms with Crippen molar-refractivity contribution in [2.24, 2.45) is 5.92 Å². The van der Waals surface area contributed by atoms with Crippen molar-refractivity contribution in [2.75, 3.05) is 12.3 Å². The summed E-state index contributed by atoms with van der Waals surface area (Å²) in [5.74, 6) is 1.68. The van der Waals surface area contributed by atoms with Gasteiger partial charge in [0, 0.05) is 11.3 Å². The van der Waals surface area contributed by atoms with E-state index in [0.717, 1.165) is 48.3 Å². The Bertz CT molecular complexity index is 773. The Morgan fingerprint density at radius 1 is 1.21 bits per heavy atom. The second-order valence-electron chi connectivity index (χ2n) is 6.72. The summed E-state index contributed by atoms with van der Waals surface area (Å²) in [4.78, 5) is 4.47. The Hall–Kier alpha value is -2.54. The van der Waals surface area contributed by atoms with Crippen molar-refractivity contribution in [1.82, 2.24) is 4.98 Å². The highest BCUT2D eigenvalue weighted by atomic mass is 16.5. The van der Waals surface area contributed by atoms with E-state index in [1.54, 1.807) is 0 Å². The molecular weight excluding hydrogens is 298 g/mol. The number of ether oxygens (including phenoxy) is 1. The van der Waals surface area contributed by atoms with Gasteiger partial charge in [-0.3, -0.25) is 0 Å². The minimum Gasteiger partial charge on any atom is -0.493 e. The van der Waals surface area contributed by atoms with E-state index in [-0.39, 0.29) is 0 Å². The van der Waals surface area contributed by atoms with Gasteiger partial charge in [0.15, 0.2) is 0 Å². The molecule has 4 heteroatoms. The number of benzene rings is 1. The highest BCUT2D eigenvalue weighted by molar-refractivity contribution is 5.79. The molecule has 24 heavy (non-hydrogen) atoms. The van der Waals surface area contributed by atoms with Crippen molar-refractivity contribution >= 4 is 5.82 Å². The zero-order chi connectivity index (χ0) is 17.1. The molecule has 0 saturated heterocycles. The first kappa shape index (κ1) is 16.3. The monoisotopic (exact) mass is 321 g/mol. The molecule has 1 aliphatic rings. The van der Waals surface area contributed by atoms with Crippen LogP contribution in [0.3, 0.4) is 0 Å². The number of anilines is 1. The summed E-state index contributed by atoms with van der Waals surface area (Å²) in [6.45, 7) is 4.94. The van der Waals surface area contributed by atoms with E-state index in [1.165, 1.54) is 5.56 Å². The van der Waals surface area contributed by atoms with E-state index in [9.17, 15) is 5.26 Å². The van der Waals surface area contributed by atoms with Crippen molar-refractivity contribution in [3.05, 3.63) is 41.1 Å². The van der Waals surface area contributed by atoms with Gasteiger partial charge in [0.1, 0.15) is 23.2 Å². The Morgan fingerprint density at radius 2 is 1.92 bits per heavy atom. The average molecular weight is 321 g/mol. The van der Waals surface area contributed by atoms with Gasteiger partial charge in [0.25, 0.3) is 0 Å². The van der Waals surface area contributed by atoms with Gasteiger partial charge >= 0.3 is 0 Å². The first-order valence-corrected chi connectivity index (χ1v) is 8.54. The maximum atomic E-state index is 9.57. The van der Waals surface area contributed by atoms with Crippen LogP contribution in [0.5, 0.6) is 5.75 Å². The number of nitrogen functional groups attached to an aromatic ring is 1. The van der Waals surface area contributed by atoms with Gasteiger partial charge in [-0.05, 0) is 54.9 Å². The lowest BCUT2D eigenvalue weighted by Crippen LogP contribution is -2.11. The Balaban J connectivity index is 2.02. The molecule has 1 aliphatic carbocycles. The lowest BCUT2D eigenvalue weighted by atomic mass is 9.86. The molecule has 0 radical (unpaired) electrons.